The zero-order chi connectivity index (χ0) is 13.0. The van der Waals surface area contributed by atoms with E-state index in [1.165, 1.54) is 0 Å². The number of hydrogen-bond acceptors (Lipinski definition) is 4. The number of nitrogens with two attached hydrogens (primary N) is 1. The van der Waals surface area contributed by atoms with Gasteiger partial charge in [0.25, 0.3) is 0 Å². The van der Waals surface area contributed by atoms with Gasteiger partial charge in [-0.1, -0.05) is 6.92 Å². The van der Waals surface area contributed by atoms with Crippen LogP contribution in [0.1, 0.15) is 31.4 Å². The molecular weight excluding hydrogens is 232 g/mol. The van der Waals surface area contributed by atoms with Gasteiger partial charge in [0.15, 0.2) is 5.82 Å². The van der Waals surface area contributed by atoms with E-state index in [4.69, 9.17) is 10.5 Å². The fourth-order valence-electron chi connectivity index (χ4n) is 2.20. The highest BCUT2D eigenvalue weighted by Crippen LogP contribution is 2.17. The molecule has 2 rings (SSSR count). The summed E-state index contributed by atoms with van der Waals surface area (Å²) in [7, 11) is 0. The van der Waals surface area contributed by atoms with E-state index in [-0.39, 0.29) is 12.3 Å². The van der Waals surface area contributed by atoms with Gasteiger partial charge in [-0.2, -0.15) is 5.10 Å². The molecule has 2 N–H and O–H groups in total. The van der Waals surface area contributed by atoms with Gasteiger partial charge in [0.1, 0.15) is 5.82 Å². The van der Waals surface area contributed by atoms with Gasteiger partial charge in [0, 0.05) is 26.2 Å². The first-order chi connectivity index (χ1) is 8.69. The summed E-state index contributed by atoms with van der Waals surface area (Å²) in [5.41, 5.74) is 5.17. The molecule has 1 atom stereocenters. The largest absolute Gasteiger partial charge is 0.381 e. The summed E-state index contributed by atoms with van der Waals surface area (Å²) in [5, 5.41) is 4.35. The van der Waals surface area contributed by atoms with Crippen molar-refractivity contribution in [2.24, 2.45) is 11.7 Å². The molecule has 1 aliphatic rings. The lowest BCUT2D eigenvalue weighted by molar-refractivity contribution is -0.117. The van der Waals surface area contributed by atoms with Gasteiger partial charge < -0.3 is 10.5 Å². The second kappa shape index (κ2) is 5.95. The van der Waals surface area contributed by atoms with Crippen LogP contribution in [0.25, 0.3) is 0 Å². The standard InChI is InChI=1S/C12H20N4O2/c1-2-4-16-12(6-9-3-5-18-8-9)14-11(15-16)7-10(13)17/h9H,2-8H2,1H3,(H2,13,17)/t9-/m0/s1. The summed E-state index contributed by atoms with van der Waals surface area (Å²) >= 11 is 0. The van der Waals surface area contributed by atoms with Crippen LogP contribution in [0.4, 0.5) is 0 Å². The zero-order valence-corrected chi connectivity index (χ0v) is 10.8. The number of carbonyl (C=O) groups is 1. The van der Waals surface area contributed by atoms with Crippen molar-refractivity contribution in [3.05, 3.63) is 11.6 Å². The molecule has 0 radical (unpaired) electrons. The Morgan fingerprint density at radius 1 is 1.61 bits per heavy atom. The van der Waals surface area contributed by atoms with Gasteiger partial charge in [0.05, 0.1) is 6.42 Å². The van der Waals surface area contributed by atoms with Crippen molar-refractivity contribution in [3.63, 3.8) is 0 Å². The van der Waals surface area contributed by atoms with Gasteiger partial charge in [-0.15, -0.1) is 0 Å². The molecule has 2 heterocycles. The van der Waals surface area contributed by atoms with E-state index in [0.29, 0.717) is 11.7 Å². The molecule has 0 aromatic carbocycles. The normalized spacial score (nSPS) is 19.3. The maximum Gasteiger partial charge on any atom is 0.225 e. The Kier molecular flexibility index (Phi) is 4.30. The predicted molar refractivity (Wildman–Crippen MR) is 65.8 cm³/mol. The molecule has 1 amide bonds. The van der Waals surface area contributed by atoms with Crippen LogP contribution >= 0.6 is 0 Å². The van der Waals surface area contributed by atoms with E-state index in [1.807, 2.05) is 4.68 Å². The zero-order valence-electron chi connectivity index (χ0n) is 10.8. The summed E-state index contributed by atoms with van der Waals surface area (Å²) in [5.74, 6) is 1.61. The number of primary amides is 1. The van der Waals surface area contributed by atoms with Crippen LogP contribution in [0, 0.1) is 5.92 Å². The van der Waals surface area contributed by atoms with E-state index in [1.54, 1.807) is 0 Å². The third-order valence-electron chi connectivity index (χ3n) is 3.06. The third kappa shape index (κ3) is 3.29. The van der Waals surface area contributed by atoms with Gasteiger partial charge in [-0.25, -0.2) is 9.67 Å². The second-order valence-electron chi connectivity index (χ2n) is 4.74. The van der Waals surface area contributed by atoms with Gasteiger partial charge in [0.2, 0.25) is 5.91 Å². The minimum atomic E-state index is -0.389. The van der Waals surface area contributed by atoms with Crippen LogP contribution in [0.15, 0.2) is 0 Å². The SMILES string of the molecule is CCCn1nc(CC(N)=O)nc1C[C@@H]1CCOC1. The fraction of sp³-hybridized carbons (Fsp3) is 0.750. The molecule has 1 saturated heterocycles. The molecule has 18 heavy (non-hydrogen) atoms. The summed E-state index contributed by atoms with van der Waals surface area (Å²) in [6.07, 6.45) is 3.05. The topological polar surface area (TPSA) is 83.0 Å². The minimum absolute atomic E-state index is 0.116. The molecule has 1 aromatic rings. The molecule has 6 heteroatoms. The van der Waals surface area contributed by atoms with Gasteiger partial charge in [-0.3, -0.25) is 4.79 Å². The molecule has 0 saturated carbocycles. The number of aryl methyl sites for hydroxylation is 1. The molecule has 6 nitrogen and oxygen atoms in total. The lowest BCUT2D eigenvalue weighted by atomic mass is 10.1. The predicted octanol–water partition coefficient (Wildman–Crippen LogP) is 0.295. The van der Waals surface area contributed by atoms with Gasteiger partial charge >= 0.3 is 0 Å². The first-order valence-corrected chi connectivity index (χ1v) is 6.47. The fourth-order valence-corrected chi connectivity index (χ4v) is 2.20. The molecular formula is C12H20N4O2. The molecule has 100 valence electrons. The Morgan fingerprint density at radius 2 is 2.44 bits per heavy atom. The molecule has 0 spiro atoms. The lowest BCUT2D eigenvalue weighted by Crippen LogP contribution is -2.14. The lowest BCUT2D eigenvalue weighted by Gasteiger charge is -2.07. The Hall–Kier alpha value is -1.43. The number of rotatable bonds is 6. The molecule has 0 unspecified atom stereocenters. The number of hydrogen-bond donors (Lipinski definition) is 1. The summed E-state index contributed by atoms with van der Waals surface area (Å²) < 4.78 is 7.27. The maximum atomic E-state index is 10.9. The number of amides is 1. The minimum Gasteiger partial charge on any atom is -0.381 e. The number of nitrogens with zero attached hydrogens (tertiary/aromatic N) is 3. The van der Waals surface area contributed by atoms with Crippen molar-refractivity contribution >= 4 is 5.91 Å². The van der Waals surface area contributed by atoms with Crippen molar-refractivity contribution in [1.82, 2.24) is 14.8 Å². The summed E-state index contributed by atoms with van der Waals surface area (Å²) in [4.78, 5) is 15.3. The first-order valence-electron chi connectivity index (χ1n) is 6.47. The van der Waals surface area contributed by atoms with Crippen LogP contribution in [-0.4, -0.2) is 33.9 Å². The summed E-state index contributed by atoms with van der Waals surface area (Å²) in [6.45, 7) is 4.55. The van der Waals surface area contributed by atoms with Crippen molar-refractivity contribution < 1.29 is 9.53 Å². The highest BCUT2D eigenvalue weighted by atomic mass is 16.5. The average Bonchev–Trinajstić information content (AvgIpc) is 2.90. The molecule has 1 fully saturated rings. The Labute approximate surface area is 107 Å². The second-order valence-corrected chi connectivity index (χ2v) is 4.74. The van der Waals surface area contributed by atoms with Crippen molar-refractivity contribution in [2.75, 3.05) is 13.2 Å². The monoisotopic (exact) mass is 252 g/mol. The van der Waals surface area contributed by atoms with E-state index < -0.39 is 0 Å². The Balaban J connectivity index is 2.09. The quantitative estimate of drug-likeness (QED) is 0.789. The van der Waals surface area contributed by atoms with Crippen molar-refractivity contribution in [1.29, 1.82) is 0 Å². The smallest absolute Gasteiger partial charge is 0.225 e. The van der Waals surface area contributed by atoms with E-state index >= 15 is 0 Å². The van der Waals surface area contributed by atoms with E-state index in [2.05, 4.69) is 17.0 Å². The Morgan fingerprint density at radius 3 is 3.06 bits per heavy atom. The molecule has 1 aromatic heterocycles. The third-order valence-corrected chi connectivity index (χ3v) is 3.06. The van der Waals surface area contributed by atoms with Gasteiger partial charge in [-0.05, 0) is 18.8 Å². The van der Waals surface area contributed by atoms with Crippen molar-refractivity contribution in [3.8, 4) is 0 Å². The first kappa shape index (κ1) is 13.0. The highest BCUT2D eigenvalue weighted by molar-refractivity contribution is 5.75. The highest BCUT2D eigenvalue weighted by Gasteiger charge is 2.20. The van der Waals surface area contributed by atoms with Crippen LogP contribution < -0.4 is 5.73 Å². The van der Waals surface area contributed by atoms with Crippen molar-refractivity contribution in [2.45, 2.75) is 39.2 Å². The summed E-state index contributed by atoms with van der Waals surface area (Å²) in [6, 6.07) is 0. The number of aromatic nitrogens is 3. The van der Waals surface area contributed by atoms with Crippen LogP contribution in [0.2, 0.25) is 0 Å². The van der Waals surface area contributed by atoms with Crippen LogP contribution in [-0.2, 0) is 28.9 Å². The Bertz CT molecular complexity index is 410. The number of ether oxygens (including phenoxy) is 1. The van der Waals surface area contributed by atoms with E-state index in [9.17, 15) is 4.79 Å². The van der Waals surface area contributed by atoms with Crippen LogP contribution in [0.5, 0.6) is 0 Å². The molecule has 0 aliphatic carbocycles. The molecule has 0 bridgehead atoms. The van der Waals surface area contributed by atoms with Crippen LogP contribution in [0.3, 0.4) is 0 Å². The number of carbonyl (C=O) groups excluding carboxylic acids is 1. The average molecular weight is 252 g/mol. The molecule has 1 aliphatic heterocycles. The maximum absolute atomic E-state index is 10.9. The van der Waals surface area contributed by atoms with E-state index in [0.717, 1.165) is 44.8 Å².